The second-order valence-corrected chi connectivity index (χ2v) is 4.05. The van der Waals surface area contributed by atoms with Gasteiger partial charge in [0.25, 0.3) is 0 Å². The van der Waals surface area contributed by atoms with Gasteiger partial charge in [-0.3, -0.25) is 9.79 Å². The third kappa shape index (κ3) is 3.36. The minimum atomic E-state index is -0.319. The number of hydrogen-bond donors (Lipinski definition) is 2. The van der Waals surface area contributed by atoms with Gasteiger partial charge in [0.2, 0.25) is 5.91 Å². The normalized spacial score (nSPS) is 21.1. The van der Waals surface area contributed by atoms with Crippen molar-refractivity contribution in [3.8, 4) is 0 Å². The molecule has 0 spiro atoms. The zero-order chi connectivity index (χ0) is 10.6. The highest BCUT2D eigenvalue weighted by Crippen LogP contribution is 2.24. The number of nitrogens with zero attached hydrogens (tertiary/aromatic N) is 1. The van der Waals surface area contributed by atoms with Crippen molar-refractivity contribution in [1.29, 1.82) is 0 Å². The fourth-order valence-electron chi connectivity index (χ4n) is 1.92. The highest BCUT2D eigenvalue weighted by atomic mass is 16.1. The van der Waals surface area contributed by atoms with E-state index >= 15 is 0 Å². The van der Waals surface area contributed by atoms with Crippen LogP contribution in [0.4, 0.5) is 0 Å². The zero-order valence-corrected chi connectivity index (χ0v) is 8.70. The minimum Gasteiger partial charge on any atom is -0.387 e. The Hall–Kier alpha value is -1.06. The van der Waals surface area contributed by atoms with Crippen molar-refractivity contribution in [2.75, 3.05) is 0 Å². The van der Waals surface area contributed by atoms with Gasteiger partial charge in [0.05, 0.1) is 11.9 Å². The van der Waals surface area contributed by atoms with E-state index in [1.54, 1.807) is 0 Å². The van der Waals surface area contributed by atoms with Crippen molar-refractivity contribution in [1.82, 2.24) is 0 Å². The Kier molecular flexibility index (Phi) is 3.92. The quantitative estimate of drug-likeness (QED) is 0.516. The number of carbonyl (C=O) groups excluding carboxylic acids is 1. The van der Waals surface area contributed by atoms with Gasteiger partial charge >= 0.3 is 0 Å². The number of amidine groups is 1. The van der Waals surface area contributed by atoms with E-state index < -0.39 is 0 Å². The lowest BCUT2D eigenvalue weighted by molar-refractivity contribution is -0.118. The summed E-state index contributed by atoms with van der Waals surface area (Å²) in [6.07, 6.45) is 5.04. The molecule has 4 nitrogen and oxygen atoms in total. The molecule has 1 amide bonds. The molecule has 4 heteroatoms. The summed E-state index contributed by atoms with van der Waals surface area (Å²) >= 11 is 0. The van der Waals surface area contributed by atoms with Gasteiger partial charge in [0.1, 0.15) is 0 Å². The fourth-order valence-corrected chi connectivity index (χ4v) is 1.92. The van der Waals surface area contributed by atoms with E-state index in [9.17, 15) is 4.79 Å². The largest absolute Gasteiger partial charge is 0.387 e. The van der Waals surface area contributed by atoms with Crippen LogP contribution in [0.5, 0.6) is 0 Å². The summed E-state index contributed by atoms with van der Waals surface area (Å²) in [5.74, 6) is 0.821. The maximum Gasteiger partial charge on any atom is 0.219 e. The Labute approximate surface area is 84.8 Å². The average Bonchev–Trinajstić information content (AvgIpc) is 2.53. The second-order valence-electron chi connectivity index (χ2n) is 4.05. The zero-order valence-electron chi connectivity index (χ0n) is 8.70. The molecule has 0 bridgehead atoms. The second kappa shape index (κ2) is 4.98. The van der Waals surface area contributed by atoms with Gasteiger partial charge in [-0.2, -0.15) is 0 Å². The first kappa shape index (κ1) is 11.0. The summed E-state index contributed by atoms with van der Waals surface area (Å²) in [7, 11) is 0. The van der Waals surface area contributed by atoms with E-state index in [0.717, 1.165) is 12.8 Å². The summed E-state index contributed by atoms with van der Waals surface area (Å²) in [5, 5.41) is 0. The lowest BCUT2D eigenvalue weighted by Crippen LogP contribution is -2.25. The maximum atomic E-state index is 10.6. The van der Waals surface area contributed by atoms with Crippen molar-refractivity contribution in [2.24, 2.45) is 22.4 Å². The van der Waals surface area contributed by atoms with Gasteiger partial charge in [0.15, 0.2) is 0 Å². The molecule has 1 aliphatic carbocycles. The molecule has 80 valence electrons. The Morgan fingerprint density at radius 3 is 2.50 bits per heavy atom. The van der Waals surface area contributed by atoms with Crippen LogP contribution in [0.2, 0.25) is 0 Å². The lowest BCUT2D eigenvalue weighted by Gasteiger charge is -2.11. The Morgan fingerprint density at radius 1 is 1.43 bits per heavy atom. The average molecular weight is 197 g/mol. The molecule has 14 heavy (non-hydrogen) atoms. The number of nitrogens with two attached hydrogens (primary N) is 2. The summed E-state index contributed by atoms with van der Waals surface area (Å²) in [6, 6.07) is -0.0758. The summed E-state index contributed by atoms with van der Waals surface area (Å²) in [6.45, 7) is 1.87. The van der Waals surface area contributed by atoms with Crippen LogP contribution in [0.1, 0.15) is 39.0 Å². The van der Waals surface area contributed by atoms with Crippen LogP contribution in [-0.4, -0.2) is 17.8 Å². The molecule has 0 saturated heterocycles. The molecular weight excluding hydrogens is 178 g/mol. The molecular formula is C10H19N3O. The topological polar surface area (TPSA) is 81.5 Å². The first-order valence-corrected chi connectivity index (χ1v) is 5.21. The van der Waals surface area contributed by atoms with Crippen LogP contribution < -0.4 is 11.5 Å². The van der Waals surface area contributed by atoms with E-state index in [0.29, 0.717) is 11.8 Å². The SMILES string of the molecule is CC(CC(N)=O)N=C(N)C1CCCC1. The molecule has 1 saturated carbocycles. The van der Waals surface area contributed by atoms with Crippen molar-refractivity contribution in [3.05, 3.63) is 0 Å². The molecule has 1 fully saturated rings. The van der Waals surface area contributed by atoms with Crippen LogP contribution in [-0.2, 0) is 4.79 Å². The van der Waals surface area contributed by atoms with Gasteiger partial charge in [-0.15, -0.1) is 0 Å². The Morgan fingerprint density at radius 2 is 2.00 bits per heavy atom. The number of amides is 1. The first-order chi connectivity index (χ1) is 6.59. The molecule has 0 aliphatic heterocycles. The minimum absolute atomic E-state index is 0.0758. The Bertz CT molecular complexity index is 232. The van der Waals surface area contributed by atoms with E-state index in [-0.39, 0.29) is 18.4 Å². The molecule has 0 heterocycles. The number of aliphatic imine (C=N–C) groups is 1. The molecule has 0 aromatic heterocycles. The number of hydrogen-bond acceptors (Lipinski definition) is 2. The predicted octanol–water partition coefficient (Wildman–Crippen LogP) is 0.798. The smallest absolute Gasteiger partial charge is 0.219 e. The van der Waals surface area contributed by atoms with Crippen LogP contribution in [0.3, 0.4) is 0 Å². The molecule has 1 atom stereocenters. The third-order valence-electron chi connectivity index (χ3n) is 2.64. The van der Waals surface area contributed by atoms with E-state index in [4.69, 9.17) is 11.5 Å². The van der Waals surface area contributed by atoms with Crippen LogP contribution in [0, 0.1) is 5.92 Å². The molecule has 1 aliphatic rings. The summed E-state index contributed by atoms with van der Waals surface area (Å²) in [4.78, 5) is 14.9. The van der Waals surface area contributed by atoms with Crippen LogP contribution in [0.15, 0.2) is 4.99 Å². The Balaban J connectivity index is 2.44. The molecule has 1 rings (SSSR count). The highest BCUT2D eigenvalue weighted by Gasteiger charge is 2.19. The maximum absolute atomic E-state index is 10.6. The van der Waals surface area contributed by atoms with Crippen LogP contribution >= 0.6 is 0 Å². The fraction of sp³-hybridized carbons (Fsp3) is 0.800. The molecule has 1 unspecified atom stereocenters. The van der Waals surface area contributed by atoms with E-state index in [1.807, 2.05) is 6.92 Å². The standard InChI is InChI=1S/C10H19N3O/c1-7(6-9(11)14)13-10(12)8-4-2-3-5-8/h7-8H,2-6H2,1H3,(H2,11,14)(H2,12,13). The van der Waals surface area contributed by atoms with Gasteiger partial charge in [-0.05, 0) is 19.8 Å². The number of carbonyl (C=O) groups is 1. The van der Waals surface area contributed by atoms with Gasteiger partial charge in [-0.25, -0.2) is 0 Å². The van der Waals surface area contributed by atoms with Gasteiger partial charge in [0, 0.05) is 12.3 Å². The van der Waals surface area contributed by atoms with E-state index in [1.165, 1.54) is 12.8 Å². The van der Waals surface area contributed by atoms with E-state index in [2.05, 4.69) is 4.99 Å². The van der Waals surface area contributed by atoms with Gasteiger partial charge in [-0.1, -0.05) is 12.8 Å². The highest BCUT2D eigenvalue weighted by molar-refractivity contribution is 5.83. The summed E-state index contributed by atoms with van der Waals surface area (Å²) < 4.78 is 0. The third-order valence-corrected chi connectivity index (χ3v) is 2.64. The van der Waals surface area contributed by atoms with Crippen molar-refractivity contribution in [3.63, 3.8) is 0 Å². The monoisotopic (exact) mass is 197 g/mol. The van der Waals surface area contributed by atoms with Crippen LogP contribution in [0.25, 0.3) is 0 Å². The number of primary amides is 1. The predicted molar refractivity (Wildman–Crippen MR) is 56.9 cm³/mol. The lowest BCUT2D eigenvalue weighted by atomic mass is 10.1. The van der Waals surface area contributed by atoms with Gasteiger partial charge < -0.3 is 11.5 Å². The summed E-state index contributed by atoms with van der Waals surface area (Å²) in [5.41, 5.74) is 10.9. The first-order valence-electron chi connectivity index (χ1n) is 5.21. The molecule has 4 N–H and O–H groups in total. The number of rotatable bonds is 4. The van der Waals surface area contributed by atoms with Crippen molar-refractivity contribution < 1.29 is 4.79 Å². The van der Waals surface area contributed by atoms with Crippen molar-refractivity contribution >= 4 is 11.7 Å². The molecule has 0 aromatic rings. The molecule has 0 radical (unpaired) electrons. The molecule has 0 aromatic carbocycles. The van der Waals surface area contributed by atoms with Crippen molar-refractivity contribution in [2.45, 2.75) is 45.1 Å².